The smallest absolute Gasteiger partial charge is 0.243 e. The van der Waals surface area contributed by atoms with E-state index in [1.54, 1.807) is 24.4 Å². The number of hydrogen-bond donors (Lipinski definition) is 1. The van der Waals surface area contributed by atoms with E-state index in [-0.39, 0.29) is 16.7 Å². The highest BCUT2D eigenvalue weighted by molar-refractivity contribution is 7.89. The van der Waals surface area contributed by atoms with Gasteiger partial charge in [-0.1, -0.05) is 11.6 Å². The Labute approximate surface area is 204 Å². The number of fused-ring (bicyclic) bond motifs is 1. The topological polar surface area (TPSA) is 89.6 Å². The summed E-state index contributed by atoms with van der Waals surface area (Å²) in [6.07, 6.45) is 5.07. The van der Waals surface area contributed by atoms with Crippen molar-refractivity contribution in [1.82, 2.24) is 19.2 Å². The molecule has 0 unspecified atom stereocenters. The second kappa shape index (κ2) is 9.20. The first kappa shape index (κ1) is 23.1. The normalized spacial score (nSPS) is 18.5. The van der Waals surface area contributed by atoms with Crippen molar-refractivity contribution in [2.45, 2.75) is 24.7 Å². The van der Waals surface area contributed by atoms with Gasteiger partial charge in [0.05, 0.1) is 9.92 Å². The van der Waals surface area contributed by atoms with Crippen LogP contribution in [-0.4, -0.2) is 72.8 Å². The van der Waals surface area contributed by atoms with Gasteiger partial charge in [-0.25, -0.2) is 8.42 Å². The Hall–Kier alpha value is -2.62. The summed E-state index contributed by atoms with van der Waals surface area (Å²) >= 11 is 6.11. The highest BCUT2D eigenvalue weighted by atomic mass is 35.5. The predicted octanol–water partition coefficient (Wildman–Crippen LogP) is 3.27. The fraction of sp³-hybridized carbons (Fsp3) is 0.417. The zero-order chi connectivity index (χ0) is 23.9. The molecule has 0 saturated carbocycles. The Morgan fingerprint density at radius 1 is 1.06 bits per heavy atom. The molecule has 2 aliphatic rings. The number of H-pyrrole nitrogens is 1. The average Bonchev–Trinajstić information content (AvgIpc) is 3.24. The van der Waals surface area contributed by atoms with Crippen molar-refractivity contribution in [2.75, 3.05) is 44.2 Å². The molecule has 180 valence electrons. The molecule has 34 heavy (non-hydrogen) atoms. The van der Waals surface area contributed by atoms with Gasteiger partial charge in [0.25, 0.3) is 0 Å². The van der Waals surface area contributed by atoms with Crippen LogP contribution in [0.4, 0.5) is 5.69 Å². The van der Waals surface area contributed by atoms with Gasteiger partial charge in [0.2, 0.25) is 15.9 Å². The minimum atomic E-state index is -3.64. The summed E-state index contributed by atoms with van der Waals surface area (Å²) in [7, 11) is -3.64. The Kier molecular flexibility index (Phi) is 6.26. The molecule has 2 aliphatic heterocycles. The molecule has 2 aromatic heterocycles. The summed E-state index contributed by atoms with van der Waals surface area (Å²) < 4.78 is 27.8. The summed E-state index contributed by atoms with van der Waals surface area (Å²) in [6.45, 7) is 5.07. The van der Waals surface area contributed by atoms with Crippen molar-refractivity contribution in [3.05, 3.63) is 53.4 Å². The van der Waals surface area contributed by atoms with Gasteiger partial charge in [-0.15, -0.1) is 0 Å². The van der Waals surface area contributed by atoms with Crippen molar-refractivity contribution in [1.29, 1.82) is 0 Å². The maximum absolute atomic E-state index is 13.2. The number of carbonyl (C=O) groups is 1. The molecular formula is C24H28ClN5O3S. The molecule has 5 rings (SSSR count). The van der Waals surface area contributed by atoms with Crippen LogP contribution in [-0.2, 0) is 14.8 Å². The number of piperazine rings is 1. The first-order valence-electron chi connectivity index (χ1n) is 11.6. The molecule has 0 spiro atoms. The number of halogens is 1. The number of rotatable bonds is 4. The molecule has 8 nitrogen and oxygen atoms in total. The van der Waals surface area contributed by atoms with Crippen LogP contribution in [0.1, 0.15) is 18.5 Å². The van der Waals surface area contributed by atoms with Crippen molar-refractivity contribution in [2.24, 2.45) is 5.92 Å². The monoisotopic (exact) mass is 501 g/mol. The first-order chi connectivity index (χ1) is 16.3. The van der Waals surface area contributed by atoms with Gasteiger partial charge in [0.1, 0.15) is 0 Å². The van der Waals surface area contributed by atoms with Crippen molar-refractivity contribution in [3.63, 3.8) is 0 Å². The summed E-state index contributed by atoms with van der Waals surface area (Å²) in [5.41, 5.74) is 2.82. The highest BCUT2D eigenvalue weighted by Crippen LogP contribution is 2.28. The number of anilines is 1. The summed E-state index contributed by atoms with van der Waals surface area (Å²) in [5.74, 6) is 0.132. The van der Waals surface area contributed by atoms with E-state index in [4.69, 9.17) is 11.6 Å². The van der Waals surface area contributed by atoms with E-state index in [9.17, 15) is 13.2 Å². The number of pyridine rings is 1. The van der Waals surface area contributed by atoms with Crippen LogP contribution in [0.3, 0.4) is 0 Å². The minimum Gasteiger partial charge on any atom is -0.371 e. The fourth-order valence-corrected chi connectivity index (χ4v) is 6.57. The maximum Gasteiger partial charge on any atom is 0.243 e. The van der Waals surface area contributed by atoms with Crippen LogP contribution in [0, 0.1) is 12.8 Å². The number of aromatic nitrogens is 2. The molecule has 2 fully saturated rings. The molecule has 1 N–H and O–H groups in total. The Bertz CT molecular complexity index is 1310. The molecule has 1 amide bonds. The van der Waals surface area contributed by atoms with Crippen LogP contribution in [0.25, 0.3) is 10.9 Å². The summed E-state index contributed by atoms with van der Waals surface area (Å²) in [5, 5.41) is 1.36. The van der Waals surface area contributed by atoms with Gasteiger partial charge in [-0.3, -0.25) is 9.78 Å². The quantitative estimate of drug-likeness (QED) is 0.592. The third-order valence-electron chi connectivity index (χ3n) is 6.88. The molecule has 0 bridgehead atoms. The van der Waals surface area contributed by atoms with E-state index < -0.39 is 10.0 Å². The fourth-order valence-electron chi connectivity index (χ4n) is 4.90. The third-order valence-corrected chi connectivity index (χ3v) is 9.09. The lowest BCUT2D eigenvalue weighted by atomic mass is 9.94. The van der Waals surface area contributed by atoms with E-state index >= 15 is 0 Å². The number of amides is 1. The first-order valence-corrected chi connectivity index (χ1v) is 13.4. The molecule has 1 aromatic carbocycles. The van der Waals surface area contributed by atoms with Crippen molar-refractivity contribution < 1.29 is 13.2 Å². The zero-order valence-corrected chi connectivity index (χ0v) is 20.6. The number of nitrogens with one attached hydrogen (secondary N) is 1. The Morgan fingerprint density at radius 3 is 2.50 bits per heavy atom. The summed E-state index contributed by atoms with van der Waals surface area (Å²) in [6, 6.07) is 9.01. The largest absolute Gasteiger partial charge is 0.371 e. The minimum absolute atomic E-state index is 0.0117. The third kappa shape index (κ3) is 4.39. The van der Waals surface area contributed by atoms with Gasteiger partial charge in [0.15, 0.2) is 0 Å². The number of piperidine rings is 1. The zero-order valence-electron chi connectivity index (χ0n) is 19.1. The highest BCUT2D eigenvalue weighted by Gasteiger charge is 2.34. The number of nitrogens with zero attached hydrogens (tertiary/aromatic N) is 4. The van der Waals surface area contributed by atoms with E-state index in [1.165, 1.54) is 4.31 Å². The Balaban J connectivity index is 1.18. The standard InChI is InChI=1S/C24H28ClN5O3S/c1-17-14-19(4-7-26-17)28-8-5-18(6-9-28)24(31)29-10-12-30(13-11-29)34(32,33)20-2-3-21-22(25)16-27-23(21)15-20/h2-4,7,14-16,18,27H,5-6,8-13H2,1H3. The van der Waals surface area contributed by atoms with Gasteiger partial charge < -0.3 is 14.8 Å². The lowest BCUT2D eigenvalue weighted by Crippen LogP contribution is -2.52. The van der Waals surface area contributed by atoms with Gasteiger partial charge in [-0.2, -0.15) is 4.31 Å². The van der Waals surface area contributed by atoms with Crippen LogP contribution >= 0.6 is 11.6 Å². The number of aromatic amines is 1. The number of carbonyl (C=O) groups excluding carboxylic acids is 1. The van der Waals surface area contributed by atoms with Crippen LogP contribution in [0.2, 0.25) is 5.02 Å². The van der Waals surface area contributed by atoms with E-state index in [0.29, 0.717) is 36.7 Å². The molecule has 10 heteroatoms. The molecule has 2 saturated heterocycles. The Morgan fingerprint density at radius 2 is 1.79 bits per heavy atom. The van der Waals surface area contributed by atoms with Gasteiger partial charge in [0, 0.05) is 79.9 Å². The van der Waals surface area contributed by atoms with Crippen LogP contribution in [0.5, 0.6) is 0 Å². The van der Waals surface area contributed by atoms with Crippen LogP contribution < -0.4 is 4.90 Å². The van der Waals surface area contributed by atoms with Gasteiger partial charge >= 0.3 is 0 Å². The molecule has 4 heterocycles. The van der Waals surface area contributed by atoms with E-state index in [1.807, 2.05) is 24.1 Å². The molecule has 3 aromatic rings. The predicted molar refractivity (Wildman–Crippen MR) is 133 cm³/mol. The molecule has 0 atom stereocenters. The second-order valence-electron chi connectivity index (χ2n) is 8.99. The average molecular weight is 502 g/mol. The lowest BCUT2D eigenvalue weighted by molar-refractivity contribution is -0.137. The number of hydrogen-bond acceptors (Lipinski definition) is 5. The molecule has 0 aliphatic carbocycles. The molecular weight excluding hydrogens is 474 g/mol. The van der Waals surface area contributed by atoms with E-state index in [0.717, 1.165) is 42.7 Å². The second-order valence-corrected chi connectivity index (χ2v) is 11.3. The van der Waals surface area contributed by atoms with Gasteiger partial charge in [-0.05, 0) is 50.1 Å². The SMILES string of the molecule is Cc1cc(N2CCC(C(=O)N3CCN(S(=O)(=O)c4ccc5c(Cl)c[nH]c5c4)CC3)CC2)ccn1. The maximum atomic E-state index is 13.2. The number of aryl methyl sites for hydroxylation is 1. The van der Waals surface area contributed by atoms with Crippen LogP contribution in [0.15, 0.2) is 47.6 Å². The van der Waals surface area contributed by atoms with E-state index in [2.05, 4.69) is 20.9 Å². The number of sulfonamides is 1. The number of benzene rings is 1. The lowest BCUT2D eigenvalue weighted by Gasteiger charge is -2.38. The van der Waals surface area contributed by atoms with Crippen molar-refractivity contribution >= 4 is 44.1 Å². The molecule has 0 radical (unpaired) electrons. The summed E-state index contributed by atoms with van der Waals surface area (Å²) in [4.78, 5) is 24.8. The van der Waals surface area contributed by atoms with Crippen molar-refractivity contribution in [3.8, 4) is 0 Å².